The van der Waals surface area contributed by atoms with Crippen molar-refractivity contribution >= 4 is 5.78 Å². The molecule has 0 amide bonds. The molecule has 2 fully saturated rings. The van der Waals surface area contributed by atoms with Crippen LogP contribution in [0.3, 0.4) is 0 Å². The zero-order valence-corrected chi connectivity index (χ0v) is 12.6. The quantitative estimate of drug-likeness (QED) is 0.605. The van der Waals surface area contributed by atoms with Crippen LogP contribution in [0.4, 0.5) is 0 Å². The zero-order valence-electron chi connectivity index (χ0n) is 12.6. The van der Waals surface area contributed by atoms with Crippen LogP contribution in [0.15, 0.2) is 30.3 Å². The number of fused-ring (bicyclic) bond motifs is 2. The van der Waals surface area contributed by atoms with Crippen LogP contribution in [0, 0.1) is 11.8 Å². The number of hydrogen-bond donors (Lipinski definition) is 0. The van der Waals surface area contributed by atoms with Crippen molar-refractivity contribution in [2.45, 2.75) is 32.1 Å². The molecule has 1 heterocycles. The van der Waals surface area contributed by atoms with E-state index in [-0.39, 0.29) is 0 Å². The summed E-state index contributed by atoms with van der Waals surface area (Å²) in [6, 6.07) is 9.75. The van der Waals surface area contributed by atoms with Crippen LogP contribution < -0.4 is 0 Å². The fraction of sp³-hybridized carbons (Fsp3) is 0.611. The minimum Gasteiger partial charge on any atom is -0.325 e. The van der Waals surface area contributed by atoms with Crippen LogP contribution >= 0.6 is 0 Å². The molecule has 2 bridgehead atoms. The van der Waals surface area contributed by atoms with Crippen molar-refractivity contribution in [3.05, 3.63) is 35.9 Å². The first-order chi connectivity index (χ1) is 9.65. The van der Waals surface area contributed by atoms with Crippen LogP contribution in [-0.4, -0.2) is 36.9 Å². The molecule has 2 nitrogen and oxygen atoms in total. The molecule has 0 aromatic heterocycles. The van der Waals surface area contributed by atoms with E-state index in [1.807, 2.05) is 30.3 Å². The third-order valence-electron chi connectivity index (χ3n) is 5.40. The highest BCUT2D eigenvalue weighted by Crippen LogP contribution is 2.38. The lowest BCUT2D eigenvalue weighted by Crippen LogP contribution is -2.48. The van der Waals surface area contributed by atoms with Crippen molar-refractivity contribution in [1.29, 1.82) is 0 Å². The van der Waals surface area contributed by atoms with Gasteiger partial charge >= 0.3 is 0 Å². The molecule has 1 aromatic carbocycles. The molecule has 1 aliphatic carbocycles. The van der Waals surface area contributed by atoms with Gasteiger partial charge in [-0.3, -0.25) is 4.79 Å². The Balaban J connectivity index is 1.58. The third kappa shape index (κ3) is 3.12. The van der Waals surface area contributed by atoms with E-state index >= 15 is 0 Å². The van der Waals surface area contributed by atoms with Crippen molar-refractivity contribution in [2.75, 3.05) is 26.7 Å². The molecular weight excluding hydrogens is 246 g/mol. The van der Waals surface area contributed by atoms with Crippen LogP contribution in [0.2, 0.25) is 0 Å². The van der Waals surface area contributed by atoms with Crippen molar-refractivity contribution in [2.24, 2.45) is 11.8 Å². The summed E-state index contributed by atoms with van der Waals surface area (Å²) in [5, 5.41) is 0. The summed E-state index contributed by atoms with van der Waals surface area (Å²) < 4.78 is 1.11. The third-order valence-corrected chi connectivity index (χ3v) is 5.40. The van der Waals surface area contributed by atoms with E-state index in [2.05, 4.69) is 7.05 Å². The van der Waals surface area contributed by atoms with E-state index in [0.29, 0.717) is 12.2 Å². The van der Waals surface area contributed by atoms with Gasteiger partial charge in [-0.25, -0.2) is 0 Å². The fourth-order valence-corrected chi connectivity index (χ4v) is 4.16. The predicted octanol–water partition coefficient (Wildman–Crippen LogP) is 3.53. The monoisotopic (exact) mass is 272 g/mol. The van der Waals surface area contributed by atoms with E-state index < -0.39 is 0 Å². The first-order valence-corrected chi connectivity index (χ1v) is 8.06. The molecule has 3 atom stereocenters. The fourth-order valence-electron chi connectivity index (χ4n) is 4.16. The molecule has 3 rings (SSSR count). The first kappa shape index (κ1) is 13.8. The molecule has 0 spiro atoms. The summed E-state index contributed by atoms with van der Waals surface area (Å²) in [5.41, 5.74) is 0.871. The Morgan fingerprint density at radius 1 is 1.15 bits per heavy atom. The molecule has 1 saturated heterocycles. The van der Waals surface area contributed by atoms with Crippen molar-refractivity contribution < 1.29 is 9.28 Å². The van der Waals surface area contributed by atoms with Gasteiger partial charge in [-0.1, -0.05) is 30.3 Å². The minimum atomic E-state index is 0.305. The number of ketones is 1. The van der Waals surface area contributed by atoms with Gasteiger partial charge in [0, 0.05) is 11.5 Å². The van der Waals surface area contributed by atoms with Crippen molar-refractivity contribution in [1.82, 2.24) is 0 Å². The largest absolute Gasteiger partial charge is 0.325 e. The van der Waals surface area contributed by atoms with Crippen LogP contribution in [-0.2, 0) is 0 Å². The van der Waals surface area contributed by atoms with Crippen LogP contribution in [0.1, 0.15) is 42.5 Å². The number of likely N-dealkylation sites (tertiary alicyclic amines) is 1. The Bertz CT molecular complexity index is 470. The second-order valence-electron chi connectivity index (χ2n) is 7.12. The maximum Gasteiger partial charge on any atom is 0.168 e. The lowest BCUT2D eigenvalue weighted by molar-refractivity contribution is -0.911. The molecule has 20 heavy (non-hydrogen) atoms. The minimum absolute atomic E-state index is 0.305. The topological polar surface area (TPSA) is 17.1 Å². The Kier molecular flexibility index (Phi) is 3.93. The summed E-state index contributed by atoms with van der Waals surface area (Å²) in [6.45, 7) is 3.57. The number of nitrogens with zero attached hydrogens (tertiary/aromatic N) is 1. The molecule has 1 aliphatic heterocycles. The lowest BCUT2D eigenvalue weighted by Gasteiger charge is -2.36. The molecule has 1 saturated carbocycles. The Morgan fingerprint density at radius 3 is 2.70 bits per heavy atom. The summed E-state index contributed by atoms with van der Waals surface area (Å²) >= 11 is 0. The second kappa shape index (κ2) is 5.69. The van der Waals surface area contributed by atoms with Crippen LogP contribution in [0.5, 0.6) is 0 Å². The molecule has 0 radical (unpaired) electrons. The number of rotatable bonds is 4. The summed E-state index contributed by atoms with van der Waals surface area (Å²) in [6.07, 6.45) is 6.38. The number of quaternary nitrogens is 1. The highest BCUT2D eigenvalue weighted by molar-refractivity contribution is 5.96. The smallest absolute Gasteiger partial charge is 0.168 e. The van der Waals surface area contributed by atoms with Crippen molar-refractivity contribution in [3.8, 4) is 0 Å². The second-order valence-corrected chi connectivity index (χ2v) is 7.12. The highest BCUT2D eigenvalue weighted by atomic mass is 16.1. The van der Waals surface area contributed by atoms with Gasteiger partial charge in [0.2, 0.25) is 0 Å². The molecule has 1 aromatic rings. The molecule has 2 heteroatoms. The van der Waals surface area contributed by atoms with Gasteiger partial charge in [0.25, 0.3) is 0 Å². The average molecular weight is 272 g/mol. The normalized spacial score (nSPS) is 32.9. The van der Waals surface area contributed by atoms with Gasteiger partial charge in [-0.05, 0) is 31.6 Å². The van der Waals surface area contributed by atoms with E-state index in [1.54, 1.807) is 0 Å². The van der Waals surface area contributed by atoms with E-state index in [4.69, 9.17) is 0 Å². The van der Waals surface area contributed by atoms with Gasteiger partial charge in [0.15, 0.2) is 5.78 Å². The molecule has 2 aliphatic rings. The molecule has 0 unspecified atom stereocenters. The van der Waals surface area contributed by atoms with Gasteiger partial charge in [-0.2, -0.15) is 0 Å². The number of benzene rings is 1. The predicted molar refractivity (Wildman–Crippen MR) is 81.6 cm³/mol. The van der Waals surface area contributed by atoms with E-state index in [9.17, 15) is 4.79 Å². The number of carbonyl (C=O) groups excluding carboxylic acids is 1. The summed E-state index contributed by atoms with van der Waals surface area (Å²) in [4.78, 5) is 12.3. The van der Waals surface area contributed by atoms with Gasteiger partial charge in [0.1, 0.15) is 0 Å². The van der Waals surface area contributed by atoms with Crippen molar-refractivity contribution in [3.63, 3.8) is 0 Å². The SMILES string of the molecule is C[N@@+]1(CCC(=O)c2ccccc2)CC[C@H]2CC[C@H](C2)C1. The standard InChI is InChI=1S/C18H26NO/c1-19(11-9-15-7-8-16(13-15)14-19)12-10-18(20)17-5-3-2-4-6-17/h2-6,15-16H,7-14H2,1H3/q+1/t15-,16-,19+/m1/s1. The van der Waals surface area contributed by atoms with Crippen LogP contribution in [0.25, 0.3) is 0 Å². The maximum absolute atomic E-state index is 12.3. The summed E-state index contributed by atoms with van der Waals surface area (Å²) in [7, 11) is 2.36. The Morgan fingerprint density at radius 2 is 1.90 bits per heavy atom. The van der Waals surface area contributed by atoms with E-state index in [1.165, 1.54) is 38.8 Å². The zero-order chi connectivity index (χ0) is 14.0. The number of Topliss-reactive ketones (excluding diaryl/α,β-unsaturated/α-hetero) is 1. The van der Waals surface area contributed by atoms with Gasteiger partial charge in [0.05, 0.1) is 33.1 Å². The average Bonchev–Trinajstić information content (AvgIpc) is 2.83. The number of hydrogen-bond acceptors (Lipinski definition) is 1. The van der Waals surface area contributed by atoms with Gasteiger partial charge < -0.3 is 4.48 Å². The van der Waals surface area contributed by atoms with E-state index in [0.717, 1.165) is 28.4 Å². The highest BCUT2D eigenvalue weighted by Gasteiger charge is 2.37. The lowest BCUT2D eigenvalue weighted by atomic mass is 10.0. The summed E-state index contributed by atoms with van der Waals surface area (Å²) in [5.74, 6) is 2.20. The maximum atomic E-state index is 12.3. The Labute approximate surface area is 122 Å². The molecular formula is C18H26NO+. The Hall–Kier alpha value is -1.15. The molecule has 0 N–H and O–H groups in total. The van der Waals surface area contributed by atoms with Gasteiger partial charge in [-0.15, -0.1) is 0 Å². The first-order valence-electron chi connectivity index (χ1n) is 8.06. The molecule has 108 valence electrons. The number of carbonyl (C=O) groups is 1.